The van der Waals surface area contributed by atoms with Crippen LogP contribution < -0.4 is 9.46 Å². The standard InChI is InChI=1S/C29H39ClN6O4S/c1-28(2)11-9-21(18-28)6-4-5-15-35-20-22(19-31-35)41(38,39)34-27(37)23-7-8-24(32-26(23)30)36-16-10-25(33-36)40-17-14-29(3)12-13-29/h7-8,10,16,19-21H,4-6,9,11-15,17-18H2,1-3H3,(H,34,37). The average molecular weight is 603 g/mol. The van der Waals surface area contributed by atoms with Crippen molar-refractivity contribution in [2.45, 2.75) is 90.0 Å². The number of ether oxygens (including phenoxy) is 1. The summed E-state index contributed by atoms with van der Waals surface area (Å²) in [6.07, 6.45) is 14.9. The van der Waals surface area contributed by atoms with Gasteiger partial charge in [-0.25, -0.2) is 22.8 Å². The van der Waals surface area contributed by atoms with E-state index in [-0.39, 0.29) is 15.6 Å². The molecule has 2 aliphatic rings. The molecule has 3 heterocycles. The number of sulfonamides is 1. The van der Waals surface area contributed by atoms with E-state index in [0.717, 1.165) is 25.2 Å². The molecule has 5 rings (SSSR count). The zero-order valence-corrected chi connectivity index (χ0v) is 25.5. The second kappa shape index (κ2) is 11.8. The predicted molar refractivity (Wildman–Crippen MR) is 156 cm³/mol. The van der Waals surface area contributed by atoms with Crippen LogP contribution in [0.4, 0.5) is 0 Å². The molecule has 1 atom stereocenters. The van der Waals surface area contributed by atoms with Crippen molar-refractivity contribution in [3.05, 3.63) is 47.5 Å². The minimum atomic E-state index is -4.14. The third kappa shape index (κ3) is 7.68. The Labute approximate surface area is 246 Å². The van der Waals surface area contributed by atoms with E-state index >= 15 is 0 Å². The highest BCUT2D eigenvalue weighted by Crippen LogP contribution is 2.48. The van der Waals surface area contributed by atoms with Gasteiger partial charge in [0.1, 0.15) is 10.0 Å². The van der Waals surface area contributed by atoms with Crippen LogP contribution in [0.15, 0.2) is 41.7 Å². The second-order valence-corrected chi connectivity index (χ2v) is 14.7. The molecule has 2 fully saturated rings. The van der Waals surface area contributed by atoms with Gasteiger partial charge in [-0.3, -0.25) is 9.48 Å². The average Bonchev–Trinajstić information content (AvgIpc) is 3.28. The molecule has 0 aromatic carbocycles. The number of carbonyl (C=O) groups is 1. The smallest absolute Gasteiger partial charge is 0.268 e. The Morgan fingerprint density at radius 3 is 2.68 bits per heavy atom. The Hall–Kier alpha value is -2.92. The van der Waals surface area contributed by atoms with E-state index in [2.05, 4.69) is 40.7 Å². The highest BCUT2D eigenvalue weighted by Gasteiger charge is 2.36. The summed E-state index contributed by atoms with van der Waals surface area (Å²) in [5.41, 5.74) is 0.784. The molecular formula is C29H39ClN6O4S. The van der Waals surface area contributed by atoms with Crippen molar-refractivity contribution in [1.29, 1.82) is 0 Å². The molecule has 2 saturated carbocycles. The highest BCUT2D eigenvalue weighted by atomic mass is 35.5. The van der Waals surface area contributed by atoms with Gasteiger partial charge >= 0.3 is 0 Å². The minimum absolute atomic E-state index is 0.0669. The summed E-state index contributed by atoms with van der Waals surface area (Å²) in [6.45, 7) is 8.13. The van der Waals surface area contributed by atoms with Crippen molar-refractivity contribution in [1.82, 2.24) is 29.3 Å². The SMILES string of the molecule is CC1(C)CCC(CCCCn2cc(S(=O)(=O)NC(=O)c3ccc(-n4ccc(OCCC5(C)CC5)n4)nc3Cl)cn2)C1. The summed E-state index contributed by atoms with van der Waals surface area (Å²) < 4.78 is 36.6. The number of aryl methyl sites for hydroxylation is 1. The van der Waals surface area contributed by atoms with E-state index < -0.39 is 15.9 Å². The number of unbranched alkanes of at least 4 members (excludes halogenated alkanes) is 1. The topological polar surface area (TPSA) is 121 Å². The minimum Gasteiger partial charge on any atom is -0.477 e. The lowest BCUT2D eigenvalue weighted by atomic mass is 9.89. The Kier molecular flexibility index (Phi) is 8.48. The first-order valence-corrected chi connectivity index (χ1v) is 16.2. The third-order valence-electron chi connectivity index (χ3n) is 8.40. The quantitative estimate of drug-likeness (QED) is 0.194. The van der Waals surface area contributed by atoms with Crippen LogP contribution in [0.25, 0.3) is 5.82 Å². The Morgan fingerprint density at radius 2 is 1.98 bits per heavy atom. The van der Waals surface area contributed by atoms with Gasteiger partial charge in [-0.05, 0) is 73.8 Å². The molecule has 10 nitrogen and oxygen atoms in total. The van der Waals surface area contributed by atoms with Crippen LogP contribution in [0.5, 0.6) is 5.88 Å². The summed E-state index contributed by atoms with van der Waals surface area (Å²) in [5.74, 6) is 0.745. The molecule has 0 bridgehead atoms. The lowest BCUT2D eigenvalue weighted by Crippen LogP contribution is -2.30. The summed E-state index contributed by atoms with van der Waals surface area (Å²) in [7, 11) is -4.14. The maximum absolute atomic E-state index is 12.9. The van der Waals surface area contributed by atoms with Crippen LogP contribution in [0.3, 0.4) is 0 Å². The van der Waals surface area contributed by atoms with Gasteiger partial charge in [0.2, 0.25) is 5.88 Å². The Bertz CT molecular complexity index is 1490. The van der Waals surface area contributed by atoms with Crippen LogP contribution in [0, 0.1) is 16.7 Å². The van der Waals surface area contributed by atoms with Crippen molar-refractivity contribution in [2.24, 2.45) is 16.7 Å². The van der Waals surface area contributed by atoms with Gasteiger partial charge in [-0.1, -0.05) is 45.2 Å². The Balaban J connectivity index is 1.12. The lowest BCUT2D eigenvalue weighted by molar-refractivity contribution is 0.0981. The van der Waals surface area contributed by atoms with Gasteiger partial charge in [0.15, 0.2) is 5.82 Å². The zero-order chi connectivity index (χ0) is 29.3. The number of halogens is 1. The predicted octanol–water partition coefficient (Wildman–Crippen LogP) is 5.80. The fourth-order valence-electron chi connectivity index (χ4n) is 5.47. The van der Waals surface area contributed by atoms with Crippen molar-refractivity contribution < 1.29 is 17.9 Å². The monoisotopic (exact) mass is 602 g/mol. The molecule has 0 radical (unpaired) electrons. The third-order valence-corrected chi connectivity index (χ3v) is 9.98. The number of rotatable bonds is 13. The van der Waals surface area contributed by atoms with E-state index in [1.165, 1.54) is 61.7 Å². The largest absolute Gasteiger partial charge is 0.477 e. The molecule has 0 aliphatic heterocycles. The van der Waals surface area contributed by atoms with E-state index in [9.17, 15) is 13.2 Å². The Morgan fingerprint density at radius 1 is 1.17 bits per heavy atom. The molecule has 12 heteroatoms. The first-order chi connectivity index (χ1) is 19.4. The number of nitrogens with zero attached hydrogens (tertiary/aromatic N) is 5. The number of carbonyl (C=O) groups excluding carboxylic acids is 1. The van der Waals surface area contributed by atoms with Gasteiger partial charge in [0, 0.05) is 25.0 Å². The number of aromatic nitrogens is 5. The van der Waals surface area contributed by atoms with Crippen LogP contribution >= 0.6 is 11.6 Å². The fraction of sp³-hybridized carbons (Fsp3) is 0.586. The molecule has 41 heavy (non-hydrogen) atoms. The van der Waals surface area contributed by atoms with Crippen molar-refractivity contribution in [3.8, 4) is 11.7 Å². The van der Waals surface area contributed by atoms with E-state index in [1.54, 1.807) is 23.0 Å². The van der Waals surface area contributed by atoms with E-state index in [4.69, 9.17) is 16.3 Å². The number of hydrogen-bond acceptors (Lipinski definition) is 7. The van der Waals surface area contributed by atoms with E-state index in [0.29, 0.717) is 35.7 Å². The molecule has 1 amide bonds. The number of pyridine rings is 1. The van der Waals surface area contributed by atoms with Crippen LogP contribution in [-0.2, 0) is 16.6 Å². The number of hydrogen-bond donors (Lipinski definition) is 1. The highest BCUT2D eigenvalue weighted by molar-refractivity contribution is 7.90. The normalized spacial score (nSPS) is 19.3. The molecule has 2 aliphatic carbocycles. The molecule has 0 saturated heterocycles. The number of nitrogens with one attached hydrogen (secondary N) is 1. The lowest BCUT2D eigenvalue weighted by Gasteiger charge is -2.16. The molecular weight excluding hydrogens is 564 g/mol. The maximum atomic E-state index is 12.9. The molecule has 3 aromatic rings. The van der Waals surface area contributed by atoms with Crippen molar-refractivity contribution >= 4 is 27.5 Å². The van der Waals surface area contributed by atoms with Crippen molar-refractivity contribution in [2.75, 3.05) is 6.61 Å². The summed E-state index contributed by atoms with van der Waals surface area (Å²) in [4.78, 5) is 17.0. The van der Waals surface area contributed by atoms with Crippen LogP contribution in [-0.4, -0.2) is 45.5 Å². The molecule has 0 spiro atoms. The van der Waals surface area contributed by atoms with Gasteiger partial charge in [0.25, 0.3) is 15.9 Å². The van der Waals surface area contributed by atoms with Gasteiger partial charge in [-0.2, -0.15) is 5.10 Å². The summed E-state index contributed by atoms with van der Waals surface area (Å²) >= 11 is 6.28. The van der Waals surface area contributed by atoms with Gasteiger partial charge < -0.3 is 4.74 Å². The summed E-state index contributed by atoms with van der Waals surface area (Å²) in [5, 5.41) is 8.40. The van der Waals surface area contributed by atoms with Gasteiger partial charge in [-0.15, -0.1) is 5.10 Å². The van der Waals surface area contributed by atoms with Crippen LogP contribution in [0.2, 0.25) is 5.15 Å². The first-order valence-electron chi connectivity index (χ1n) is 14.4. The van der Waals surface area contributed by atoms with Gasteiger partial charge in [0.05, 0.1) is 18.4 Å². The number of amides is 1. The van der Waals surface area contributed by atoms with Crippen molar-refractivity contribution in [3.63, 3.8) is 0 Å². The van der Waals surface area contributed by atoms with E-state index in [1.807, 2.05) is 0 Å². The summed E-state index contributed by atoms with van der Waals surface area (Å²) in [6, 6.07) is 4.69. The first kappa shape index (κ1) is 29.6. The molecule has 222 valence electrons. The molecule has 1 N–H and O–H groups in total. The zero-order valence-electron chi connectivity index (χ0n) is 24.0. The maximum Gasteiger partial charge on any atom is 0.268 e. The molecule has 1 unspecified atom stereocenters. The molecule has 3 aromatic heterocycles. The van der Waals surface area contributed by atoms with Crippen LogP contribution in [0.1, 0.15) is 88.9 Å². The second-order valence-electron chi connectivity index (χ2n) is 12.7. The fourth-order valence-corrected chi connectivity index (χ4v) is 6.63.